The molecule has 1 saturated heterocycles. The molecule has 0 aromatic heterocycles. The van der Waals surface area contributed by atoms with Gasteiger partial charge in [0.25, 0.3) is 5.91 Å². The second-order valence-electron chi connectivity index (χ2n) is 12.7. The molecule has 4 aromatic carbocycles. The van der Waals surface area contributed by atoms with Crippen LogP contribution in [0.15, 0.2) is 97.1 Å². The average molecular weight is 706 g/mol. The Hall–Kier alpha value is -6.17. The summed E-state index contributed by atoms with van der Waals surface area (Å²) in [6, 6.07) is 27.3. The number of anilines is 1. The summed E-state index contributed by atoms with van der Waals surface area (Å²) in [6.07, 6.45) is 0.640. The third kappa shape index (κ3) is 7.60. The summed E-state index contributed by atoms with van der Waals surface area (Å²) < 4.78 is 23.1. The zero-order valence-electron chi connectivity index (χ0n) is 28.5. The van der Waals surface area contributed by atoms with E-state index in [2.05, 4.69) is 0 Å². The van der Waals surface area contributed by atoms with Gasteiger partial charge in [0.1, 0.15) is 18.8 Å². The summed E-state index contributed by atoms with van der Waals surface area (Å²) in [5.41, 5.74) is 13.0. The van der Waals surface area contributed by atoms with E-state index < -0.39 is 47.6 Å². The molecule has 2 heterocycles. The highest BCUT2D eigenvalue weighted by Crippen LogP contribution is 2.42. The van der Waals surface area contributed by atoms with Gasteiger partial charge in [-0.25, -0.2) is 4.79 Å². The summed E-state index contributed by atoms with van der Waals surface area (Å²) in [5, 5.41) is 0. The van der Waals surface area contributed by atoms with Crippen molar-refractivity contribution < 1.29 is 42.9 Å². The van der Waals surface area contributed by atoms with Gasteiger partial charge in [0.2, 0.25) is 5.91 Å². The van der Waals surface area contributed by atoms with Gasteiger partial charge in [-0.2, -0.15) is 0 Å². The predicted octanol–water partition coefficient (Wildman–Crippen LogP) is 4.77. The Morgan fingerprint density at radius 3 is 2.23 bits per heavy atom. The number of fused-ring (bicyclic) bond motifs is 2. The maximum atomic E-state index is 14.6. The Morgan fingerprint density at radius 2 is 1.54 bits per heavy atom. The van der Waals surface area contributed by atoms with Crippen LogP contribution in [-0.4, -0.2) is 53.3 Å². The fourth-order valence-corrected chi connectivity index (χ4v) is 6.82. The Kier molecular flexibility index (Phi) is 10.8. The van der Waals surface area contributed by atoms with Gasteiger partial charge < -0.3 is 35.3 Å². The van der Waals surface area contributed by atoms with Crippen LogP contribution in [-0.2, 0) is 43.5 Å². The molecule has 1 fully saturated rings. The van der Waals surface area contributed by atoms with E-state index in [-0.39, 0.29) is 49.8 Å². The topological polar surface area (TPSA) is 178 Å². The number of nitrogens with zero attached hydrogens (tertiary/aromatic N) is 1. The summed E-state index contributed by atoms with van der Waals surface area (Å²) in [6.45, 7) is -0.0197. The molecule has 0 saturated carbocycles. The Labute approximate surface area is 300 Å². The van der Waals surface area contributed by atoms with Crippen molar-refractivity contribution in [2.45, 2.75) is 50.9 Å². The molecule has 4 aromatic rings. The molecule has 268 valence electrons. The van der Waals surface area contributed by atoms with Crippen LogP contribution >= 0.6 is 0 Å². The molecule has 0 unspecified atom stereocenters. The lowest BCUT2D eigenvalue weighted by molar-refractivity contribution is -0.164. The number of nitrogen functional groups attached to an aromatic ring is 1. The van der Waals surface area contributed by atoms with E-state index >= 15 is 0 Å². The minimum absolute atomic E-state index is 0.00418. The zero-order chi connectivity index (χ0) is 36.7. The van der Waals surface area contributed by atoms with Crippen molar-refractivity contribution in [3.05, 3.63) is 125 Å². The van der Waals surface area contributed by atoms with E-state index in [4.69, 9.17) is 30.4 Å². The third-order valence-corrected chi connectivity index (χ3v) is 9.39. The number of carbonyl (C=O) groups excluding carboxylic acids is 5. The van der Waals surface area contributed by atoms with Gasteiger partial charge in [0, 0.05) is 12.2 Å². The van der Waals surface area contributed by atoms with Gasteiger partial charge >= 0.3 is 17.9 Å². The second kappa shape index (κ2) is 15.8. The lowest BCUT2D eigenvalue weighted by atomic mass is 9.78. The number of carbonyl (C=O) groups is 5. The molecule has 2 amide bonds. The van der Waals surface area contributed by atoms with E-state index in [9.17, 15) is 24.0 Å². The number of hydrogen-bond acceptors (Lipinski definition) is 10. The van der Waals surface area contributed by atoms with Gasteiger partial charge in [-0.1, -0.05) is 66.7 Å². The largest absolute Gasteiger partial charge is 0.489 e. The number of benzene rings is 4. The van der Waals surface area contributed by atoms with E-state index in [0.29, 0.717) is 41.6 Å². The van der Waals surface area contributed by atoms with Crippen molar-refractivity contribution in [3.8, 4) is 11.5 Å². The number of rotatable bonds is 10. The maximum absolute atomic E-state index is 14.6. The Bertz CT molecular complexity index is 1970. The zero-order valence-corrected chi connectivity index (χ0v) is 28.5. The first-order valence-corrected chi connectivity index (χ1v) is 17.1. The van der Waals surface area contributed by atoms with Gasteiger partial charge in [-0.3, -0.25) is 19.2 Å². The molecule has 0 spiro atoms. The lowest BCUT2D eigenvalue weighted by Crippen LogP contribution is -2.62. The smallest absolute Gasteiger partial charge is 0.343 e. The number of esters is 3. The van der Waals surface area contributed by atoms with Crippen molar-refractivity contribution in [3.63, 3.8) is 0 Å². The van der Waals surface area contributed by atoms with Crippen LogP contribution in [0.3, 0.4) is 0 Å². The molecule has 0 aliphatic carbocycles. The van der Waals surface area contributed by atoms with Gasteiger partial charge in [0.05, 0.1) is 30.1 Å². The van der Waals surface area contributed by atoms with Crippen molar-refractivity contribution in [1.82, 2.24) is 4.90 Å². The Morgan fingerprint density at radius 1 is 0.846 bits per heavy atom. The van der Waals surface area contributed by atoms with Crippen LogP contribution in [0.25, 0.3) is 0 Å². The van der Waals surface area contributed by atoms with Crippen molar-refractivity contribution in [2.24, 2.45) is 11.7 Å². The normalized spacial score (nSPS) is 17.4. The Balaban J connectivity index is 1.33. The highest BCUT2D eigenvalue weighted by atomic mass is 16.6. The molecule has 0 radical (unpaired) electrons. The standard InChI is InChI=1S/C40H39N3O9/c41-29-17-18-30-28(22-29)14-8-21-49-35-31(15-7-16-33(35)52-37(30)46)36(45)43-20-9-19-40(43,39(42)48)32(38(47)51-25-27-12-5-2-6-13-27)23-34(44)50-24-26-10-3-1-4-11-26/h1-7,10-13,15-18,22,32H,8-9,14,19-21,23-25,41H2,(H2,42,48)/t32-,40-/m1/s1. The highest BCUT2D eigenvalue weighted by molar-refractivity contribution is 6.04. The fraction of sp³-hybridized carbons (Fsp3) is 0.275. The average Bonchev–Trinajstić information content (AvgIpc) is 3.61. The summed E-state index contributed by atoms with van der Waals surface area (Å²) >= 11 is 0. The molecule has 2 aliphatic heterocycles. The van der Waals surface area contributed by atoms with E-state index in [0.717, 1.165) is 5.56 Å². The molecular formula is C40H39N3O9. The summed E-state index contributed by atoms with van der Waals surface area (Å²) in [7, 11) is 0. The molecule has 0 bridgehead atoms. The van der Waals surface area contributed by atoms with Crippen LogP contribution in [0, 0.1) is 5.92 Å². The first-order valence-electron chi connectivity index (χ1n) is 17.1. The SMILES string of the molecule is NC(=O)[C@]1([C@H](CC(=O)OCc2ccccc2)C(=O)OCc2ccccc2)CCCN1C(=O)c1cccc2c1OCCCc1cc(N)ccc1C(=O)O2. The quantitative estimate of drug-likeness (QED) is 0.133. The highest BCUT2D eigenvalue weighted by Gasteiger charge is 2.58. The van der Waals surface area contributed by atoms with E-state index in [1.807, 2.05) is 12.1 Å². The molecule has 4 N–H and O–H groups in total. The van der Waals surface area contributed by atoms with E-state index in [1.54, 1.807) is 66.7 Å². The lowest BCUT2D eigenvalue weighted by Gasteiger charge is -2.40. The monoisotopic (exact) mass is 705 g/mol. The number of hydrogen-bond donors (Lipinski definition) is 2. The van der Waals surface area contributed by atoms with E-state index in [1.165, 1.54) is 23.1 Å². The molecule has 52 heavy (non-hydrogen) atoms. The van der Waals surface area contributed by atoms with Crippen LogP contribution in [0.1, 0.15) is 63.1 Å². The second-order valence-corrected chi connectivity index (χ2v) is 12.7. The van der Waals surface area contributed by atoms with Crippen LogP contribution in [0.5, 0.6) is 11.5 Å². The van der Waals surface area contributed by atoms with Gasteiger partial charge in [-0.05, 0) is 72.7 Å². The molecule has 2 aliphatic rings. The van der Waals surface area contributed by atoms with Gasteiger partial charge in [-0.15, -0.1) is 0 Å². The number of likely N-dealkylation sites (tertiary alicyclic amines) is 1. The molecule has 6 rings (SSSR count). The predicted molar refractivity (Wildman–Crippen MR) is 189 cm³/mol. The minimum Gasteiger partial charge on any atom is -0.489 e. The molecule has 12 nitrogen and oxygen atoms in total. The first kappa shape index (κ1) is 35.6. The summed E-state index contributed by atoms with van der Waals surface area (Å²) in [4.78, 5) is 70.2. The number of ether oxygens (including phenoxy) is 4. The number of para-hydroxylation sites is 1. The number of amides is 2. The minimum atomic E-state index is -1.97. The number of primary amides is 1. The third-order valence-electron chi connectivity index (χ3n) is 9.39. The van der Waals surface area contributed by atoms with Crippen LogP contribution in [0.2, 0.25) is 0 Å². The molecule has 12 heteroatoms. The maximum Gasteiger partial charge on any atom is 0.343 e. The number of nitrogens with two attached hydrogens (primary N) is 2. The number of aryl methyl sites for hydroxylation is 1. The first-order chi connectivity index (χ1) is 25.2. The fourth-order valence-electron chi connectivity index (χ4n) is 6.82. The van der Waals surface area contributed by atoms with Crippen molar-refractivity contribution in [2.75, 3.05) is 18.9 Å². The van der Waals surface area contributed by atoms with Crippen molar-refractivity contribution in [1.29, 1.82) is 0 Å². The van der Waals surface area contributed by atoms with Crippen LogP contribution in [0.4, 0.5) is 5.69 Å². The van der Waals surface area contributed by atoms with Gasteiger partial charge in [0.15, 0.2) is 11.5 Å². The molecule has 2 atom stereocenters. The summed E-state index contributed by atoms with van der Waals surface area (Å²) in [5.74, 6) is -5.53. The van der Waals surface area contributed by atoms with Crippen molar-refractivity contribution >= 4 is 35.4 Å². The van der Waals surface area contributed by atoms with Crippen LogP contribution < -0.4 is 20.9 Å². The molecular weight excluding hydrogens is 666 g/mol.